The monoisotopic (exact) mass is 617 g/mol. The lowest BCUT2D eigenvalue weighted by Gasteiger charge is -2.57. The molecular formula is C44H31N3O. The molecule has 4 unspecified atom stereocenters. The van der Waals surface area contributed by atoms with Crippen molar-refractivity contribution in [2.24, 2.45) is 5.92 Å². The van der Waals surface area contributed by atoms with Crippen LogP contribution in [0.2, 0.25) is 0 Å². The van der Waals surface area contributed by atoms with Gasteiger partial charge in [-0.2, -0.15) is 0 Å². The van der Waals surface area contributed by atoms with Gasteiger partial charge in [-0.3, -0.25) is 0 Å². The molecule has 4 atom stereocenters. The molecule has 1 aromatic heterocycles. The van der Waals surface area contributed by atoms with E-state index in [9.17, 15) is 0 Å². The van der Waals surface area contributed by atoms with E-state index in [1.807, 2.05) is 0 Å². The summed E-state index contributed by atoms with van der Waals surface area (Å²) in [5.74, 6) is 2.09. The van der Waals surface area contributed by atoms with Crippen LogP contribution in [0.4, 0.5) is 11.5 Å². The van der Waals surface area contributed by atoms with Crippen LogP contribution in [0.5, 0.6) is 5.75 Å². The third kappa shape index (κ3) is 2.52. The minimum atomic E-state index is -0.654. The summed E-state index contributed by atoms with van der Waals surface area (Å²) in [4.78, 5) is 13.7. The number of benzene rings is 5. The number of ether oxygens (including phenoxy) is 1. The maximum Gasteiger partial charge on any atom is 0.157 e. The lowest BCUT2D eigenvalue weighted by Crippen LogP contribution is -2.59. The van der Waals surface area contributed by atoms with Crippen LogP contribution in [0.15, 0.2) is 120 Å². The number of nitrogens with zero attached hydrogens (tertiary/aromatic N) is 3. The molecule has 4 heterocycles. The fraction of sp³-hybridized carbons (Fsp3) is 0.182. The minimum absolute atomic E-state index is 0.177. The van der Waals surface area contributed by atoms with E-state index >= 15 is 0 Å². The van der Waals surface area contributed by atoms with Crippen LogP contribution in [-0.2, 0) is 5.41 Å². The van der Waals surface area contributed by atoms with E-state index in [1.165, 1.54) is 72.1 Å². The molecule has 6 aliphatic rings. The Bertz CT molecular complexity index is 2680. The number of rotatable bonds is 0. The lowest BCUT2D eigenvalue weighted by atomic mass is 9.52. The first-order valence-corrected chi connectivity index (χ1v) is 17.1. The van der Waals surface area contributed by atoms with Crippen LogP contribution in [0.3, 0.4) is 0 Å². The molecule has 228 valence electrons. The number of anilines is 2. The second-order valence-electron chi connectivity index (χ2n) is 14.9. The van der Waals surface area contributed by atoms with E-state index in [0.29, 0.717) is 0 Å². The van der Waals surface area contributed by atoms with E-state index in [4.69, 9.17) is 14.7 Å². The molecule has 4 heteroatoms. The number of hydrogen-bond acceptors (Lipinski definition) is 4. The van der Waals surface area contributed by atoms with Gasteiger partial charge in [0.1, 0.15) is 5.75 Å². The molecule has 5 aromatic carbocycles. The van der Waals surface area contributed by atoms with Crippen molar-refractivity contribution in [2.45, 2.75) is 44.2 Å². The normalized spacial score (nSPS) is 27.5. The fourth-order valence-corrected chi connectivity index (χ4v) is 10.8. The summed E-state index contributed by atoms with van der Waals surface area (Å²) < 4.78 is 7.38. The predicted octanol–water partition coefficient (Wildman–Crippen LogP) is 10.2. The highest BCUT2D eigenvalue weighted by Gasteiger charge is 2.68. The fourth-order valence-electron chi connectivity index (χ4n) is 10.8. The molecule has 0 N–H and O–H groups in total. The van der Waals surface area contributed by atoms with Crippen molar-refractivity contribution in [1.82, 2.24) is 9.97 Å². The standard InChI is InChI=1S/C44H31N3O/c1-23-20-21-42(2)39-35(23)44(4)37-33-28(16-11-19-32(33)48-44)26-14-7-8-15-27(26)29-22-24-12-5-6-13-25(24)38-34(29)36(37)43(39,3)47(38)41-40(42)45-30-17-9-10-18-31(30)46-41/h5-23H,1-4H3. The van der Waals surface area contributed by atoms with Gasteiger partial charge in [0.05, 0.1) is 33.4 Å². The molecule has 6 aromatic rings. The van der Waals surface area contributed by atoms with Crippen molar-refractivity contribution in [1.29, 1.82) is 0 Å². The second kappa shape index (κ2) is 7.79. The Morgan fingerprint density at radius 1 is 0.708 bits per heavy atom. The van der Waals surface area contributed by atoms with E-state index < -0.39 is 16.6 Å². The van der Waals surface area contributed by atoms with E-state index in [1.54, 1.807) is 0 Å². The smallest absolute Gasteiger partial charge is 0.157 e. The van der Waals surface area contributed by atoms with Crippen LogP contribution in [0.25, 0.3) is 55.2 Å². The van der Waals surface area contributed by atoms with E-state index in [0.717, 1.165) is 28.3 Å². The van der Waals surface area contributed by atoms with Crippen molar-refractivity contribution in [2.75, 3.05) is 4.90 Å². The predicted molar refractivity (Wildman–Crippen MR) is 193 cm³/mol. The topological polar surface area (TPSA) is 38.2 Å². The maximum absolute atomic E-state index is 7.38. The van der Waals surface area contributed by atoms with Gasteiger partial charge in [0.2, 0.25) is 0 Å². The Hall–Kier alpha value is -5.48. The summed E-state index contributed by atoms with van der Waals surface area (Å²) in [7, 11) is 0. The summed E-state index contributed by atoms with van der Waals surface area (Å²) in [6.07, 6.45) is 4.81. The number of allylic oxidation sites excluding steroid dienone is 2. The highest BCUT2D eigenvalue weighted by Crippen LogP contribution is 2.74. The van der Waals surface area contributed by atoms with Crippen molar-refractivity contribution in [3.05, 3.63) is 137 Å². The summed E-state index contributed by atoms with van der Waals surface area (Å²) in [5.41, 5.74) is 15.3. The Morgan fingerprint density at radius 3 is 2.25 bits per heavy atom. The minimum Gasteiger partial charge on any atom is -0.478 e. The van der Waals surface area contributed by atoms with Crippen molar-refractivity contribution in [3.8, 4) is 28.0 Å². The first-order valence-electron chi connectivity index (χ1n) is 17.1. The van der Waals surface area contributed by atoms with Crippen molar-refractivity contribution in [3.63, 3.8) is 0 Å². The zero-order valence-electron chi connectivity index (χ0n) is 27.2. The van der Waals surface area contributed by atoms with Gasteiger partial charge in [-0.25, -0.2) is 9.97 Å². The third-order valence-corrected chi connectivity index (χ3v) is 12.5. The largest absolute Gasteiger partial charge is 0.478 e. The van der Waals surface area contributed by atoms with Crippen LogP contribution in [0, 0.1) is 5.92 Å². The SMILES string of the molecule is CC1C=CC2(C)C3=C1C1(C)Oc4cccc5c4C1=C1c4c(cc6ccccc6c4N(c4nc6ccccc6nc42)C13C)-c1ccccc1-5. The van der Waals surface area contributed by atoms with E-state index in [-0.39, 0.29) is 5.92 Å². The average molecular weight is 618 g/mol. The first-order chi connectivity index (χ1) is 23.3. The van der Waals surface area contributed by atoms with Gasteiger partial charge in [0, 0.05) is 27.7 Å². The van der Waals surface area contributed by atoms with Crippen molar-refractivity contribution < 1.29 is 4.74 Å². The summed E-state index contributed by atoms with van der Waals surface area (Å²) in [5, 5.41) is 2.46. The molecule has 0 fully saturated rings. The van der Waals surface area contributed by atoms with Crippen LogP contribution >= 0.6 is 0 Å². The molecule has 3 aliphatic heterocycles. The molecule has 0 amide bonds. The van der Waals surface area contributed by atoms with E-state index in [2.05, 4.69) is 142 Å². The molecule has 4 nitrogen and oxygen atoms in total. The maximum atomic E-state index is 7.38. The zero-order valence-corrected chi connectivity index (χ0v) is 27.2. The van der Waals surface area contributed by atoms with Crippen molar-refractivity contribution >= 4 is 44.5 Å². The van der Waals surface area contributed by atoms with Gasteiger partial charge >= 0.3 is 0 Å². The Morgan fingerprint density at radius 2 is 1.42 bits per heavy atom. The van der Waals surface area contributed by atoms with Crippen LogP contribution in [-0.4, -0.2) is 21.1 Å². The Kier molecular flexibility index (Phi) is 4.16. The molecule has 0 spiro atoms. The highest BCUT2D eigenvalue weighted by atomic mass is 16.5. The third-order valence-electron chi connectivity index (χ3n) is 12.5. The van der Waals surface area contributed by atoms with Gasteiger partial charge in [-0.15, -0.1) is 0 Å². The number of hydrogen-bond donors (Lipinski definition) is 0. The van der Waals surface area contributed by atoms with Gasteiger partial charge in [0.25, 0.3) is 0 Å². The molecular weight excluding hydrogens is 587 g/mol. The summed E-state index contributed by atoms with van der Waals surface area (Å²) in [6.45, 7) is 9.54. The lowest BCUT2D eigenvalue weighted by molar-refractivity contribution is 0.188. The molecule has 48 heavy (non-hydrogen) atoms. The Labute approximate surface area is 278 Å². The first kappa shape index (κ1) is 25.6. The summed E-state index contributed by atoms with van der Waals surface area (Å²) >= 11 is 0. The molecule has 12 rings (SSSR count). The zero-order chi connectivity index (χ0) is 31.9. The highest BCUT2D eigenvalue weighted by molar-refractivity contribution is 6.24. The molecule has 0 saturated heterocycles. The number of para-hydroxylation sites is 2. The average Bonchev–Trinajstić information content (AvgIpc) is 3.56. The van der Waals surface area contributed by atoms with Crippen LogP contribution in [0.1, 0.15) is 44.5 Å². The molecule has 0 saturated carbocycles. The van der Waals surface area contributed by atoms with Gasteiger partial charge < -0.3 is 9.64 Å². The molecule has 0 bridgehead atoms. The molecule has 0 radical (unpaired) electrons. The summed E-state index contributed by atoms with van der Waals surface area (Å²) in [6, 6.07) is 35.3. The Balaban J connectivity index is 1.40. The molecule has 3 aliphatic carbocycles. The quantitative estimate of drug-likeness (QED) is 0.159. The van der Waals surface area contributed by atoms with Gasteiger partial charge in [-0.1, -0.05) is 91.9 Å². The van der Waals surface area contributed by atoms with Crippen LogP contribution < -0.4 is 9.64 Å². The number of aromatic nitrogens is 2. The number of fused-ring (bicyclic) bond motifs is 11. The second-order valence-corrected chi connectivity index (χ2v) is 14.9. The van der Waals surface area contributed by atoms with Gasteiger partial charge in [-0.05, 0) is 89.7 Å². The van der Waals surface area contributed by atoms with Gasteiger partial charge in [0.15, 0.2) is 11.4 Å².